The summed E-state index contributed by atoms with van der Waals surface area (Å²) >= 11 is 0. The molecule has 0 aliphatic carbocycles. The molecule has 0 unspecified atom stereocenters. The van der Waals surface area contributed by atoms with Gasteiger partial charge in [-0.1, -0.05) is 0 Å². The van der Waals surface area contributed by atoms with Crippen molar-refractivity contribution in [2.45, 2.75) is 19.3 Å². The number of piperazine rings is 1. The van der Waals surface area contributed by atoms with Gasteiger partial charge in [-0.2, -0.15) is 0 Å². The quantitative estimate of drug-likeness (QED) is 0.885. The van der Waals surface area contributed by atoms with Crippen LogP contribution in [0, 0.1) is 0 Å². The number of benzene rings is 1. The first-order valence-corrected chi connectivity index (χ1v) is 10.2. The molecule has 0 atom stereocenters. The second-order valence-electron chi connectivity index (χ2n) is 7.74. The molecule has 0 bridgehead atoms. The van der Waals surface area contributed by atoms with Crippen molar-refractivity contribution >= 4 is 23.0 Å². The lowest BCUT2D eigenvalue weighted by Gasteiger charge is -2.33. The van der Waals surface area contributed by atoms with Gasteiger partial charge < -0.3 is 20.0 Å². The second-order valence-corrected chi connectivity index (χ2v) is 7.74. The summed E-state index contributed by atoms with van der Waals surface area (Å²) in [7, 11) is 2.14. The molecule has 4 rings (SSSR count). The molecule has 28 heavy (non-hydrogen) atoms. The molecule has 3 heterocycles. The van der Waals surface area contributed by atoms with E-state index in [2.05, 4.69) is 44.2 Å². The average molecular weight is 380 g/mol. The van der Waals surface area contributed by atoms with Crippen molar-refractivity contribution in [1.29, 1.82) is 0 Å². The van der Waals surface area contributed by atoms with E-state index in [4.69, 9.17) is 0 Å². The van der Waals surface area contributed by atoms with Crippen molar-refractivity contribution < 1.29 is 4.79 Å². The van der Waals surface area contributed by atoms with E-state index in [9.17, 15) is 4.79 Å². The number of nitrogens with zero attached hydrogens (tertiary/aromatic N) is 4. The number of anilines is 3. The zero-order chi connectivity index (χ0) is 19.3. The van der Waals surface area contributed by atoms with Gasteiger partial charge in [-0.25, -0.2) is 4.98 Å². The van der Waals surface area contributed by atoms with Crippen LogP contribution in [0.4, 0.5) is 17.1 Å². The van der Waals surface area contributed by atoms with Gasteiger partial charge in [0.25, 0.3) is 5.91 Å². The van der Waals surface area contributed by atoms with Gasteiger partial charge in [0.2, 0.25) is 0 Å². The first kappa shape index (κ1) is 18.7. The predicted molar refractivity (Wildman–Crippen MR) is 114 cm³/mol. The molecule has 6 heteroatoms. The molecule has 2 aliphatic heterocycles. The minimum absolute atomic E-state index is 0.171. The van der Waals surface area contributed by atoms with Crippen LogP contribution in [0.5, 0.6) is 0 Å². The highest BCUT2D eigenvalue weighted by atomic mass is 16.1. The molecule has 2 aromatic rings. The van der Waals surface area contributed by atoms with Gasteiger partial charge in [0.15, 0.2) is 0 Å². The Morgan fingerprint density at radius 3 is 2.11 bits per heavy atom. The molecule has 1 aromatic heterocycles. The molecular formula is C22H29N5O. The SMILES string of the molecule is CN1CCN(c2ccc(C(=O)Nc3ccc(N4CCCCC4)cc3)nc2)CC1. The van der Waals surface area contributed by atoms with Crippen LogP contribution in [0.3, 0.4) is 0 Å². The number of likely N-dealkylation sites (N-methyl/N-ethyl adjacent to an activating group) is 1. The highest BCUT2D eigenvalue weighted by molar-refractivity contribution is 6.03. The van der Waals surface area contributed by atoms with Gasteiger partial charge in [0.05, 0.1) is 11.9 Å². The van der Waals surface area contributed by atoms with E-state index in [-0.39, 0.29) is 5.91 Å². The zero-order valence-electron chi connectivity index (χ0n) is 16.6. The van der Waals surface area contributed by atoms with Gasteiger partial charge in [-0.05, 0) is 62.7 Å². The minimum Gasteiger partial charge on any atom is -0.372 e. The third-order valence-corrected chi connectivity index (χ3v) is 5.70. The number of carbonyl (C=O) groups is 1. The summed E-state index contributed by atoms with van der Waals surface area (Å²) in [6, 6.07) is 11.9. The number of nitrogens with one attached hydrogen (secondary N) is 1. The highest BCUT2D eigenvalue weighted by Crippen LogP contribution is 2.22. The van der Waals surface area contributed by atoms with E-state index in [0.29, 0.717) is 5.69 Å². The van der Waals surface area contributed by atoms with Gasteiger partial charge in [-0.3, -0.25) is 4.79 Å². The van der Waals surface area contributed by atoms with E-state index in [1.54, 1.807) is 6.20 Å². The predicted octanol–water partition coefficient (Wildman–Crippen LogP) is 3.08. The van der Waals surface area contributed by atoms with E-state index in [0.717, 1.165) is 50.6 Å². The molecule has 0 radical (unpaired) electrons. The number of aromatic nitrogens is 1. The van der Waals surface area contributed by atoms with E-state index >= 15 is 0 Å². The first-order valence-electron chi connectivity index (χ1n) is 10.2. The molecule has 1 N–H and O–H groups in total. The summed E-state index contributed by atoms with van der Waals surface area (Å²) in [5, 5.41) is 2.95. The van der Waals surface area contributed by atoms with Crippen molar-refractivity contribution in [2.24, 2.45) is 0 Å². The van der Waals surface area contributed by atoms with Crippen molar-refractivity contribution in [2.75, 3.05) is 61.4 Å². The Bertz CT molecular complexity index is 776. The molecular weight excluding hydrogens is 350 g/mol. The third kappa shape index (κ3) is 4.44. The molecule has 0 spiro atoms. The van der Waals surface area contributed by atoms with Crippen molar-refractivity contribution in [1.82, 2.24) is 9.88 Å². The number of rotatable bonds is 4. The normalized spacial score (nSPS) is 18.2. The Balaban J connectivity index is 1.35. The lowest BCUT2D eigenvalue weighted by atomic mass is 10.1. The topological polar surface area (TPSA) is 51.7 Å². The third-order valence-electron chi connectivity index (χ3n) is 5.70. The largest absolute Gasteiger partial charge is 0.372 e. The standard InChI is InChI=1S/C22H29N5O/c1-25-13-15-27(16-14-25)20-9-10-21(23-17-20)22(28)24-18-5-7-19(8-6-18)26-11-3-2-4-12-26/h5-10,17H,2-4,11-16H2,1H3,(H,24,28). The maximum Gasteiger partial charge on any atom is 0.274 e. The second kappa shape index (κ2) is 8.61. The summed E-state index contributed by atoms with van der Waals surface area (Å²) in [5.74, 6) is -0.171. The van der Waals surface area contributed by atoms with Gasteiger partial charge in [0, 0.05) is 50.6 Å². The van der Waals surface area contributed by atoms with Crippen LogP contribution in [0.2, 0.25) is 0 Å². The lowest BCUT2D eigenvalue weighted by Crippen LogP contribution is -2.44. The maximum atomic E-state index is 12.5. The molecule has 1 aromatic carbocycles. The van der Waals surface area contributed by atoms with Gasteiger partial charge >= 0.3 is 0 Å². The van der Waals surface area contributed by atoms with Crippen molar-refractivity contribution in [3.63, 3.8) is 0 Å². The van der Waals surface area contributed by atoms with E-state index < -0.39 is 0 Å². The summed E-state index contributed by atoms with van der Waals surface area (Å²) in [6.45, 7) is 6.33. The van der Waals surface area contributed by atoms with Crippen LogP contribution in [0.25, 0.3) is 0 Å². The smallest absolute Gasteiger partial charge is 0.274 e. The maximum absolute atomic E-state index is 12.5. The summed E-state index contributed by atoms with van der Waals surface area (Å²) < 4.78 is 0. The highest BCUT2D eigenvalue weighted by Gasteiger charge is 2.16. The fourth-order valence-corrected chi connectivity index (χ4v) is 3.87. The van der Waals surface area contributed by atoms with Crippen LogP contribution >= 0.6 is 0 Å². The van der Waals surface area contributed by atoms with Crippen LogP contribution in [0.1, 0.15) is 29.8 Å². The lowest BCUT2D eigenvalue weighted by molar-refractivity contribution is 0.102. The van der Waals surface area contributed by atoms with Crippen LogP contribution < -0.4 is 15.1 Å². The van der Waals surface area contributed by atoms with Gasteiger partial charge in [-0.15, -0.1) is 0 Å². The number of hydrogen-bond donors (Lipinski definition) is 1. The number of amides is 1. The van der Waals surface area contributed by atoms with Crippen LogP contribution in [-0.4, -0.2) is 62.1 Å². The number of piperidine rings is 1. The molecule has 2 saturated heterocycles. The number of pyridine rings is 1. The Morgan fingerprint density at radius 1 is 0.821 bits per heavy atom. The molecule has 2 aliphatic rings. The van der Waals surface area contributed by atoms with Crippen LogP contribution in [0.15, 0.2) is 42.6 Å². The molecule has 2 fully saturated rings. The van der Waals surface area contributed by atoms with Crippen molar-refractivity contribution in [3.05, 3.63) is 48.3 Å². The molecule has 6 nitrogen and oxygen atoms in total. The fourth-order valence-electron chi connectivity index (χ4n) is 3.87. The summed E-state index contributed by atoms with van der Waals surface area (Å²) in [6.07, 6.45) is 5.65. The minimum atomic E-state index is -0.171. The van der Waals surface area contributed by atoms with E-state index in [1.165, 1.54) is 24.9 Å². The monoisotopic (exact) mass is 379 g/mol. The Hall–Kier alpha value is -2.60. The molecule has 1 amide bonds. The Kier molecular flexibility index (Phi) is 5.76. The number of carbonyl (C=O) groups excluding carboxylic acids is 1. The summed E-state index contributed by atoms with van der Waals surface area (Å²) in [5.41, 5.74) is 3.55. The Labute approximate surface area is 167 Å². The molecule has 0 saturated carbocycles. The number of hydrogen-bond acceptors (Lipinski definition) is 5. The Morgan fingerprint density at radius 2 is 1.46 bits per heavy atom. The van der Waals surface area contributed by atoms with Crippen molar-refractivity contribution in [3.8, 4) is 0 Å². The van der Waals surface area contributed by atoms with Crippen LogP contribution in [-0.2, 0) is 0 Å². The average Bonchev–Trinajstić information content (AvgIpc) is 2.75. The first-order chi connectivity index (χ1) is 13.7. The fraction of sp³-hybridized carbons (Fsp3) is 0.455. The molecule has 148 valence electrons. The van der Waals surface area contributed by atoms with Gasteiger partial charge in [0.1, 0.15) is 5.69 Å². The summed E-state index contributed by atoms with van der Waals surface area (Å²) in [4.78, 5) is 24.0. The zero-order valence-corrected chi connectivity index (χ0v) is 16.6. The van der Waals surface area contributed by atoms with E-state index in [1.807, 2.05) is 24.3 Å².